The van der Waals surface area contributed by atoms with Gasteiger partial charge in [-0.1, -0.05) is 0 Å². The van der Waals surface area contributed by atoms with Gasteiger partial charge in [0, 0.05) is 30.0 Å². The molecule has 2 aromatic carbocycles. The molecule has 1 fully saturated rings. The fourth-order valence-electron chi connectivity index (χ4n) is 3.30. The van der Waals surface area contributed by atoms with Gasteiger partial charge in [0.05, 0.1) is 11.2 Å². The maximum absolute atomic E-state index is 12.6. The van der Waals surface area contributed by atoms with Crippen LogP contribution in [0.2, 0.25) is 0 Å². The largest absolute Gasteiger partial charge is 0.459 e. The SMILES string of the molecule is O=C(Nc1ccc(NC(=O)c2ccco2)cc1)c1ccc(S(=O)(=O)N2CCCC2)cc1. The molecule has 0 unspecified atom stereocenters. The fourth-order valence-corrected chi connectivity index (χ4v) is 4.81. The van der Waals surface area contributed by atoms with Crippen LogP contribution in [0.1, 0.15) is 33.8 Å². The van der Waals surface area contributed by atoms with Crippen molar-refractivity contribution in [2.75, 3.05) is 23.7 Å². The number of nitrogens with zero attached hydrogens (tertiary/aromatic N) is 1. The summed E-state index contributed by atoms with van der Waals surface area (Å²) in [5.74, 6) is -0.532. The first-order valence-corrected chi connectivity index (χ1v) is 11.2. The molecule has 160 valence electrons. The average Bonchev–Trinajstić information content (AvgIpc) is 3.50. The molecule has 0 spiro atoms. The van der Waals surface area contributed by atoms with Crippen LogP contribution < -0.4 is 10.6 Å². The molecule has 2 N–H and O–H groups in total. The van der Waals surface area contributed by atoms with Gasteiger partial charge in [-0.15, -0.1) is 0 Å². The van der Waals surface area contributed by atoms with Crippen LogP contribution in [-0.2, 0) is 10.0 Å². The number of hydrogen-bond acceptors (Lipinski definition) is 5. The molecule has 0 radical (unpaired) electrons. The summed E-state index contributed by atoms with van der Waals surface area (Å²) in [5.41, 5.74) is 1.43. The quantitative estimate of drug-likeness (QED) is 0.610. The van der Waals surface area contributed by atoms with Gasteiger partial charge in [-0.25, -0.2) is 8.42 Å². The number of anilines is 2. The van der Waals surface area contributed by atoms with Crippen molar-refractivity contribution in [1.29, 1.82) is 0 Å². The van der Waals surface area contributed by atoms with Crippen molar-refractivity contribution in [1.82, 2.24) is 4.31 Å². The number of amides is 2. The number of furan rings is 1. The standard InChI is InChI=1S/C22H21N3O5S/c26-21(16-5-11-19(12-6-16)31(28,29)25-13-1-2-14-25)23-17-7-9-18(10-8-17)24-22(27)20-4-3-15-30-20/h3-12,15H,1-2,13-14H2,(H,23,26)(H,24,27). The van der Waals surface area contributed by atoms with E-state index in [9.17, 15) is 18.0 Å². The molecule has 8 nitrogen and oxygen atoms in total. The molecule has 2 heterocycles. The second-order valence-corrected chi connectivity index (χ2v) is 9.04. The molecule has 3 aromatic rings. The predicted octanol–water partition coefficient (Wildman–Crippen LogP) is 3.57. The highest BCUT2D eigenvalue weighted by atomic mass is 32.2. The van der Waals surface area contributed by atoms with E-state index in [1.807, 2.05) is 0 Å². The lowest BCUT2D eigenvalue weighted by Gasteiger charge is -2.15. The van der Waals surface area contributed by atoms with Crippen molar-refractivity contribution < 1.29 is 22.4 Å². The van der Waals surface area contributed by atoms with Crippen LogP contribution in [0.25, 0.3) is 0 Å². The van der Waals surface area contributed by atoms with E-state index in [1.165, 1.54) is 34.8 Å². The molecule has 31 heavy (non-hydrogen) atoms. The van der Waals surface area contributed by atoms with Gasteiger partial charge in [0.1, 0.15) is 0 Å². The minimum absolute atomic E-state index is 0.183. The van der Waals surface area contributed by atoms with Gasteiger partial charge in [0.15, 0.2) is 5.76 Å². The molecule has 2 amide bonds. The number of sulfonamides is 1. The Bertz CT molecular complexity index is 1160. The lowest BCUT2D eigenvalue weighted by Crippen LogP contribution is -2.27. The van der Waals surface area contributed by atoms with E-state index in [0.29, 0.717) is 30.0 Å². The van der Waals surface area contributed by atoms with Gasteiger partial charge in [0.2, 0.25) is 10.0 Å². The van der Waals surface area contributed by atoms with Crippen LogP contribution in [-0.4, -0.2) is 37.6 Å². The van der Waals surface area contributed by atoms with Crippen LogP contribution in [0, 0.1) is 0 Å². The monoisotopic (exact) mass is 439 g/mol. The number of carbonyl (C=O) groups is 2. The van der Waals surface area contributed by atoms with Gasteiger partial charge in [0.25, 0.3) is 11.8 Å². The summed E-state index contributed by atoms with van der Waals surface area (Å²) in [7, 11) is -3.51. The number of carbonyl (C=O) groups excluding carboxylic acids is 2. The van der Waals surface area contributed by atoms with Crippen molar-refractivity contribution in [3.05, 3.63) is 78.3 Å². The lowest BCUT2D eigenvalue weighted by molar-refractivity contribution is 0.0994. The first-order chi connectivity index (χ1) is 14.9. The first kappa shape index (κ1) is 20.8. The molecular formula is C22H21N3O5S. The number of benzene rings is 2. The van der Waals surface area contributed by atoms with Crippen molar-refractivity contribution in [3.63, 3.8) is 0 Å². The van der Waals surface area contributed by atoms with Crippen molar-refractivity contribution in [2.24, 2.45) is 0 Å². The number of hydrogen-bond donors (Lipinski definition) is 2. The Balaban J connectivity index is 1.38. The van der Waals surface area contributed by atoms with Gasteiger partial charge >= 0.3 is 0 Å². The molecule has 0 atom stereocenters. The van der Waals surface area contributed by atoms with Gasteiger partial charge in [-0.3, -0.25) is 9.59 Å². The van der Waals surface area contributed by atoms with Crippen LogP contribution in [0.3, 0.4) is 0 Å². The lowest BCUT2D eigenvalue weighted by atomic mass is 10.2. The summed E-state index contributed by atoms with van der Waals surface area (Å²) in [5, 5.41) is 5.44. The minimum Gasteiger partial charge on any atom is -0.459 e. The number of nitrogens with one attached hydrogen (secondary N) is 2. The summed E-state index contributed by atoms with van der Waals surface area (Å²) in [6, 6.07) is 15.7. The maximum Gasteiger partial charge on any atom is 0.291 e. The summed E-state index contributed by atoms with van der Waals surface area (Å²) in [6.45, 7) is 1.06. The highest BCUT2D eigenvalue weighted by molar-refractivity contribution is 7.89. The fraction of sp³-hybridized carbons (Fsp3) is 0.182. The summed E-state index contributed by atoms with van der Waals surface area (Å²) < 4.78 is 31.7. The molecule has 0 saturated carbocycles. The van der Waals surface area contributed by atoms with E-state index in [4.69, 9.17) is 4.42 Å². The third-order valence-electron chi connectivity index (χ3n) is 4.96. The smallest absolute Gasteiger partial charge is 0.291 e. The zero-order valence-electron chi connectivity index (χ0n) is 16.6. The highest BCUT2D eigenvalue weighted by Crippen LogP contribution is 2.22. The molecule has 1 aromatic heterocycles. The molecule has 1 aliphatic rings. The Hall–Kier alpha value is -3.43. The Kier molecular flexibility index (Phi) is 5.88. The summed E-state index contributed by atoms with van der Waals surface area (Å²) >= 11 is 0. The van der Waals surface area contributed by atoms with Crippen molar-refractivity contribution >= 4 is 33.2 Å². The van der Waals surface area contributed by atoms with Crippen LogP contribution >= 0.6 is 0 Å². The van der Waals surface area contributed by atoms with Crippen LogP contribution in [0.4, 0.5) is 11.4 Å². The molecular weight excluding hydrogens is 418 g/mol. The van der Waals surface area contributed by atoms with Crippen LogP contribution in [0.15, 0.2) is 76.2 Å². The third-order valence-corrected chi connectivity index (χ3v) is 6.88. The summed E-state index contributed by atoms with van der Waals surface area (Å²) in [6.07, 6.45) is 3.15. The van der Waals surface area contributed by atoms with Crippen molar-refractivity contribution in [2.45, 2.75) is 17.7 Å². The second-order valence-electron chi connectivity index (χ2n) is 7.10. The normalized spacial score (nSPS) is 14.3. The molecule has 4 rings (SSSR count). The first-order valence-electron chi connectivity index (χ1n) is 9.80. The topological polar surface area (TPSA) is 109 Å². The predicted molar refractivity (Wildman–Crippen MR) is 115 cm³/mol. The molecule has 1 saturated heterocycles. The van der Waals surface area contributed by atoms with Gasteiger partial charge in [-0.2, -0.15) is 4.31 Å². The summed E-state index contributed by atoms with van der Waals surface area (Å²) in [4.78, 5) is 24.7. The molecule has 0 bridgehead atoms. The van der Waals surface area contributed by atoms with Gasteiger partial charge < -0.3 is 15.1 Å². The average molecular weight is 439 g/mol. The van der Waals surface area contributed by atoms with E-state index in [1.54, 1.807) is 36.4 Å². The minimum atomic E-state index is -3.51. The zero-order valence-corrected chi connectivity index (χ0v) is 17.4. The Morgan fingerprint density at radius 1 is 0.806 bits per heavy atom. The number of rotatable bonds is 6. The van der Waals surface area contributed by atoms with Crippen molar-refractivity contribution in [3.8, 4) is 0 Å². The highest BCUT2D eigenvalue weighted by Gasteiger charge is 2.27. The Morgan fingerprint density at radius 2 is 1.39 bits per heavy atom. The van der Waals surface area contributed by atoms with E-state index >= 15 is 0 Å². The van der Waals surface area contributed by atoms with E-state index in [-0.39, 0.29) is 22.5 Å². The van der Waals surface area contributed by atoms with Gasteiger partial charge in [-0.05, 0) is 73.5 Å². The van der Waals surface area contributed by atoms with E-state index < -0.39 is 10.0 Å². The zero-order chi connectivity index (χ0) is 21.8. The second kappa shape index (κ2) is 8.75. The van der Waals surface area contributed by atoms with E-state index in [0.717, 1.165) is 12.8 Å². The molecule has 1 aliphatic heterocycles. The molecule has 0 aliphatic carbocycles. The maximum atomic E-state index is 12.6. The molecule has 9 heteroatoms. The Labute approximate surface area is 179 Å². The third kappa shape index (κ3) is 4.68. The van der Waals surface area contributed by atoms with E-state index in [2.05, 4.69) is 10.6 Å². The Morgan fingerprint density at radius 3 is 1.94 bits per heavy atom. The van der Waals surface area contributed by atoms with Crippen LogP contribution in [0.5, 0.6) is 0 Å².